The molecule has 3 saturated carbocycles. The number of nitrogens with one attached hydrogen (secondary N) is 2. The van der Waals surface area contributed by atoms with Gasteiger partial charge in [-0.15, -0.1) is 9.24 Å². The van der Waals surface area contributed by atoms with Crippen LogP contribution >= 0.6 is 9.24 Å². The highest BCUT2D eigenvalue weighted by Crippen LogP contribution is 2.71. The van der Waals surface area contributed by atoms with Crippen molar-refractivity contribution in [3.8, 4) is 5.75 Å². The van der Waals surface area contributed by atoms with Crippen LogP contribution in [0.2, 0.25) is 0 Å². The Bertz CT molecular complexity index is 1520. The molecule has 240 valence electrons. The minimum absolute atomic E-state index is 0.297. The fourth-order valence-electron chi connectivity index (χ4n) is 6.52. The van der Waals surface area contributed by atoms with E-state index in [-0.39, 0.29) is 5.91 Å². The molecule has 2 aromatic carbocycles. The van der Waals surface area contributed by atoms with E-state index in [4.69, 9.17) is 9.72 Å². The van der Waals surface area contributed by atoms with Gasteiger partial charge in [0.15, 0.2) is 0 Å². The quantitative estimate of drug-likeness (QED) is 0.163. The number of likely N-dealkylation sites (N-methyl/N-ethyl adjacent to an activating group) is 2. The SMILES string of the molecule is C=CC(=O)Nc1cc(Nc2nccc(/C(=C/C)c3ccccc3CC)n2)c(OC)cc1N(C)CCN(C)C.CC12CC(P)(C1)C2. The summed E-state index contributed by atoms with van der Waals surface area (Å²) in [5.74, 6) is 0.725. The number of hydrogen-bond acceptors (Lipinski definition) is 7. The van der Waals surface area contributed by atoms with Crippen molar-refractivity contribution < 1.29 is 9.53 Å². The summed E-state index contributed by atoms with van der Waals surface area (Å²) in [5, 5.41) is 6.96. The third kappa shape index (κ3) is 8.30. The van der Waals surface area contributed by atoms with Crippen LogP contribution in [0.1, 0.15) is 56.9 Å². The molecule has 0 saturated heterocycles. The van der Waals surface area contributed by atoms with Crippen molar-refractivity contribution in [2.45, 2.75) is 51.6 Å². The molecule has 1 atom stereocenters. The van der Waals surface area contributed by atoms with Gasteiger partial charge in [0.1, 0.15) is 5.75 Å². The molecule has 1 unspecified atom stereocenters. The fourth-order valence-corrected chi connectivity index (χ4v) is 8.00. The van der Waals surface area contributed by atoms with Gasteiger partial charge in [-0.2, -0.15) is 0 Å². The van der Waals surface area contributed by atoms with Crippen molar-refractivity contribution >= 4 is 43.7 Å². The molecular formula is C36H49N6O2P. The van der Waals surface area contributed by atoms with Crippen LogP contribution in [0.25, 0.3) is 5.57 Å². The predicted octanol–water partition coefficient (Wildman–Crippen LogP) is 7.17. The van der Waals surface area contributed by atoms with E-state index in [1.54, 1.807) is 13.3 Å². The third-order valence-corrected chi connectivity index (χ3v) is 9.16. The molecule has 2 bridgehead atoms. The summed E-state index contributed by atoms with van der Waals surface area (Å²) in [5.41, 5.74) is 7.15. The second kappa shape index (κ2) is 14.6. The number of carbonyl (C=O) groups excluding carboxylic acids is 1. The number of ether oxygens (including phenoxy) is 1. The average Bonchev–Trinajstić information content (AvgIpc) is 3.00. The topological polar surface area (TPSA) is 82.6 Å². The van der Waals surface area contributed by atoms with Gasteiger partial charge in [0.25, 0.3) is 0 Å². The second-order valence-corrected chi connectivity index (χ2v) is 14.0. The molecule has 0 aliphatic heterocycles. The van der Waals surface area contributed by atoms with E-state index in [0.717, 1.165) is 52.6 Å². The lowest BCUT2D eigenvalue weighted by Gasteiger charge is -2.68. The van der Waals surface area contributed by atoms with Crippen LogP contribution in [0, 0.1) is 5.41 Å². The number of carbonyl (C=O) groups is 1. The van der Waals surface area contributed by atoms with E-state index in [9.17, 15) is 4.79 Å². The number of rotatable bonds is 12. The maximum Gasteiger partial charge on any atom is 0.247 e. The van der Waals surface area contributed by atoms with Crippen molar-refractivity contribution in [3.05, 3.63) is 84.2 Å². The zero-order valence-corrected chi connectivity index (χ0v) is 29.1. The molecule has 45 heavy (non-hydrogen) atoms. The molecule has 6 rings (SSSR count). The fraction of sp³-hybridized carbons (Fsp3) is 0.417. The van der Waals surface area contributed by atoms with Crippen LogP contribution in [0.4, 0.5) is 23.0 Å². The number of methoxy groups -OCH3 is 1. The van der Waals surface area contributed by atoms with E-state index < -0.39 is 0 Å². The van der Waals surface area contributed by atoms with Gasteiger partial charge in [0.05, 0.1) is 29.9 Å². The lowest BCUT2D eigenvalue weighted by Crippen LogP contribution is -2.61. The zero-order chi connectivity index (χ0) is 32.8. The summed E-state index contributed by atoms with van der Waals surface area (Å²) in [6.45, 7) is 11.7. The molecule has 3 aliphatic carbocycles. The number of hydrogen-bond donors (Lipinski definition) is 2. The van der Waals surface area contributed by atoms with Crippen LogP contribution in [0.15, 0.2) is 67.4 Å². The molecule has 1 heterocycles. The summed E-state index contributed by atoms with van der Waals surface area (Å²) >= 11 is 0. The number of aryl methyl sites for hydroxylation is 1. The maximum atomic E-state index is 12.2. The van der Waals surface area contributed by atoms with Crippen LogP contribution in [-0.4, -0.2) is 67.3 Å². The molecule has 0 radical (unpaired) electrons. The Morgan fingerprint density at radius 3 is 2.38 bits per heavy atom. The second-order valence-electron chi connectivity index (χ2n) is 12.8. The predicted molar refractivity (Wildman–Crippen MR) is 192 cm³/mol. The molecular weight excluding hydrogens is 579 g/mol. The summed E-state index contributed by atoms with van der Waals surface area (Å²) in [6.07, 6.45) is 10.4. The Balaban J connectivity index is 0.000000569. The molecule has 3 aliphatic rings. The van der Waals surface area contributed by atoms with Gasteiger partial charge in [-0.05, 0) is 86.6 Å². The Morgan fingerprint density at radius 2 is 1.82 bits per heavy atom. The van der Waals surface area contributed by atoms with Gasteiger partial charge in [-0.25, -0.2) is 9.97 Å². The summed E-state index contributed by atoms with van der Waals surface area (Å²) in [6, 6.07) is 14.0. The highest BCUT2D eigenvalue weighted by atomic mass is 31.0. The van der Waals surface area contributed by atoms with Crippen molar-refractivity contribution in [1.82, 2.24) is 14.9 Å². The van der Waals surface area contributed by atoms with E-state index in [0.29, 0.717) is 23.1 Å². The van der Waals surface area contributed by atoms with Crippen molar-refractivity contribution in [1.29, 1.82) is 0 Å². The molecule has 3 aromatic rings. The van der Waals surface area contributed by atoms with E-state index >= 15 is 0 Å². The molecule has 8 nitrogen and oxygen atoms in total. The standard InChI is InChI=1S/C30H38N6O2.C6H11P/c1-8-21-13-11-12-14-23(21)22(9-2)24-15-16-31-30(33-24)34-26-19-25(32-29(37)10-3)27(20-28(26)38-7)36(6)18-17-35(4)5;1-5-2-6(7,3-5)4-5/h9-16,19-20H,3,8,17-18H2,1-2,4-7H3,(H,32,37)(H,31,33,34);2-4,7H2,1H3/b22-9+;. The number of anilines is 4. The van der Waals surface area contributed by atoms with Crippen LogP contribution in [0.3, 0.4) is 0 Å². The Hall–Kier alpha value is -3.74. The maximum absolute atomic E-state index is 12.2. The minimum atomic E-state index is -0.297. The average molecular weight is 629 g/mol. The molecule has 1 amide bonds. The van der Waals surface area contributed by atoms with Crippen molar-refractivity contribution in [3.63, 3.8) is 0 Å². The smallest absolute Gasteiger partial charge is 0.247 e. The van der Waals surface area contributed by atoms with Gasteiger partial charge < -0.3 is 25.2 Å². The number of allylic oxidation sites excluding steroid dienone is 1. The number of nitrogens with zero attached hydrogens (tertiary/aromatic N) is 4. The molecule has 3 fully saturated rings. The lowest BCUT2D eigenvalue weighted by molar-refractivity contribution is -0.111. The first-order valence-corrected chi connectivity index (χ1v) is 16.2. The zero-order valence-electron chi connectivity index (χ0n) is 27.9. The Kier molecular flexibility index (Phi) is 11.1. The van der Waals surface area contributed by atoms with E-state index in [1.165, 1.54) is 30.9 Å². The minimum Gasteiger partial charge on any atom is -0.494 e. The first-order chi connectivity index (χ1) is 21.4. The lowest BCUT2D eigenvalue weighted by atomic mass is 9.45. The largest absolute Gasteiger partial charge is 0.494 e. The third-order valence-electron chi connectivity index (χ3n) is 8.55. The molecule has 9 heteroatoms. The first-order valence-electron chi connectivity index (χ1n) is 15.6. The summed E-state index contributed by atoms with van der Waals surface area (Å²) in [7, 11) is 10.6. The van der Waals surface area contributed by atoms with Crippen LogP contribution in [-0.2, 0) is 11.2 Å². The molecule has 2 N–H and O–H groups in total. The number of aromatic nitrogens is 2. The van der Waals surface area contributed by atoms with E-state index in [1.807, 2.05) is 52.3 Å². The van der Waals surface area contributed by atoms with Gasteiger partial charge in [-0.3, -0.25) is 4.79 Å². The van der Waals surface area contributed by atoms with Crippen LogP contribution in [0.5, 0.6) is 5.75 Å². The van der Waals surface area contributed by atoms with Crippen LogP contribution < -0.4 is 20.3 Å². The first kappa shape index (κ1) is 34.1. The van der Waals surface area contributed by atoms with Gasteiger partial charge in [-0.1, -0.05) is 50.8 Å². The van der Waals surface area contributed by atoms with Crippen molar-refractivity contribution in [2.24, 2.45) is 5.41 Å². The summed E-state index contributed by atoms with van der Waals surface area (Å²) in [4.78, 5) is 25.7. The molecule has 0 spiro atoms. The number of amides is 1. The number of benzene rings is 2. The van der Waals surface area contributed by atoms with Gasteiger partial charge in [0.2, 0.25) is 11.9 Å². The molecule has 1 aromatic heterocycles. The monoisotopic (exact) mass is 628 g/mol. The van der Waals surface area contributed by atoms with E-state index in [2.05, 4.69) is 79.4 Å². The normalized spacial score (nSPS) is 19.8. The van der Waals surface area contributed by atoms with Gasteiger partial charge in [0, 0.05) is 38.0 Å². The summed E-state index contributed by atoms with van der Waals surface area (Å²) < 4.78 is 5.72. The van der Waals surface area contributed by atoms with Gasteiger partial charge >= 0.3 is 0 Å². The Labute approximate surface area is 271 Å². The Morgan fingerprint density at radius 1 is 1.11 bits per heavy atom. The highest BCUT2D eigenvalue weighted by Gasteiger charge is 2.61. The highest BCUT2D eigenvalue weighted by molar-refractivity contribution is 7.19. The van der Waals surface area contributed by atoms with Crippen molar-refractivity contribution in [2.75, 3.05) is 56.9 Å².